The van der Waals surface area contributed by atoms with Gasteiger partial charge in [-0.2, -0.15) is 0 Å². The number of nitrogens with zero attached hydrogens (tertiary/aromatic N) is 2. The zero-order chi connectivity index (χ0) is 13.0. The summed E-state index contributed by atoms with van der Waals surface area (Å²) in [5.41, 5.74) is 4.58. The summed E-state index contributed by atoms with van der Waals surface area (Å²) in [5.74, 6) is 0.405. The van der Waals surface area contributed by atoms with Crippen molar-refractivity contribution in [3.63, 3.8) is 0 Å². The van der Waals surface area contributed by atoms with Crippen LogP contribution in [-0.2, 0) is 0 Å². The molecule has 1 aliphatic carbocycles. The zero-order valence-corrected chi connectivity index (χ0v) is 10.2. The van der Waals surface area contributed by atoms with Crippen molar-refractivity contribution in [2.75, 3.05) is 5.32 Å². The van der Waals surface area contributed by atoms with Crippen molar-refractivity contribution < 1.29 is 4.79 Å². The minimum atomic E-state index is -0.158. The number of amides is 1. The van der Waals surface area contributed by atoms with E-state index in [0.717, 1.165) is 27.9 Å². The molecule has 0 fully saturated rings. The summed E-state index contributed by atoms with van der Waals surface area (Å²) in [4.78, 5) is 23.6. The molecular weight excluding hydrogens is 240 g/mol. The molecule has 0 spiro atoms. The summed E-state index contributed by atoms with van der Waals surface area (Å²) in [5, 5.41) is 3.73. The lowest BCUT2D eigenvalue weighted by Gasteiger charge is -2.03. The predicted molar refractivity (Wildman–Crippen MR) is 72.0 cm³/mol. The van der Waals surface area contributed by atoms with Gasteiger partial charge in [0, 0.05) is 17.8 Å². The second-order valence-electron chi connectivity index (χ2n) is 4.65. The van der Waals surface area contributed by atoms with Gasteiger partial charge in [-0.05, 0) is 30.7 Å². The van der Waals surface area contributed by atoms with Gasteiger partial charge in [-0.15, -0.1) is 0 Å². The van der Waals surface area contributed by atoms with Crippen LogP contribution in [0.3, 0.4) is 0 Å². The maximum absolute atomic E-state index is 12.2. The Labute approximate surface area is 108 Å². The smallest absolute Gasteiger partial charge is 0.258 e. The number of pyridine rings is 2. The Bertz CT molecular complexity index is 835. The van der Waals surface area contributed by atoms with Crippen molar-refractivity contribution in [2.24, 2.45) is 0 Å². The molecule has 0 unspecified atom stereocenters. The molecule has 2 aliphatic rings. The second-order valence-corrected chi connectivity index (χ2v) is 4.65. The van der Waals surface area contributed by atoms with Gasteiger partial charge in [-0.3, -0.25) is 4.79 Å². The maximum atomic E-state index is 12.2. The Kier molecular flexibility index (Phi) is 1.84. The minimum Gasteiger partial charge on any atom is -0.359 e. The van der Waals surface area contributed by atoms with Crippen molar-refractivity contribution >= 4 is 22.6 Å². The van der Waals surface area contributed by atoms with Crippen LogP contribution in [0.5, 0.6) is 0 Å². The van der Waals surface area contributed by atoms with Crippen LogP contribution in [0.1, 0.15) is 15.9 Å². The van der Waals surface area contributed by atoms with Gasteiger partial charge in [0.1, 0.15) is 11.5 Å². The number of anilines is 1. The van der Waals surface area contributed by atoms with Crippen LogP contribution in [-0.4, -0.2) is 20.9 Å². The van der Waals surface area contributed by atoms with E-state index in [4.69, 9.17) is 0 Å². The third kappa shape index (κ3) is 1.52. The Morgan fingerprint density at radius 1 is 1.37 bits per heavy atom. The van der Waals surface area contributed by atoms with Crippen molar-refractivity contribution in [2.45, 2.75) is 6.92 Å². The van der Waals surface area contributed by atoms with Crippen LogP contribution in [0.25, 0.3) is 22.3 Å². The SMILES string of the molecule is Cc1ccnc(NC(=O)c2c[nH]c3c4nc-4cc23)c1. The average molecular weight is 250 g/mol. The summed E-state index contributed by atoms with van der Waals surface area (Å²) in [6.07, 6.45) is 3.39. The number of carbonyl (C=O) groups is 1. The van der Waals surface area contributed by atoms with E-state index in [0.29, 0.717) is 11.4 Å². The molecule has 2 aromatic heterocycles. The summed E-state index contributed by atoms with van der Waals surface area (Å²) in [6, 6.07) is 5.66. The van der Waals surface area contributed by atoms with Crippen LogP contribution in [0.15, 0.2) is 30.6 Å². The van der Waals surface area contributed by atoms with E-state index in [2.05, 4.69) is 20.3 Å². The first-order valence-corrected chi connectivity index (χ1v) is 5.99. The first-order valence-electron chi connectivity index (χ1n) is 5.99. The number of hydrogen-bond donors (Lipinski definition) is 2. The highest BCUT2D eigenvalue weighted by atomic mass is 16.1. The van der Waals surface area contributed by atoms with E-state index in [1.54, 1.807) is 12.4 Å². The van der Waals surface area contributed by atoms with Crippen molar-refractivity contribution in [1.82, 2.24) is 15.0 Å². The first kappa shape index (κ1) is 10.3. The van der Waals surface area contributed by atoms with Crippen LogP contribution < -0.4 is 5.32 Å². The molecule has 4 rings (SSSR count). The van der Waals surface area contributed by atoms with Gasteiger partial charge in [0.15, 0.2) is 0 Å². The number of H-pyrrole nitrogens is 1. The minimum absolute atomic E-state index is 0.158. The molecule has 19 heavy (non-hydrogen) atoms. The number of fused-ring (bicyclic) bond motifs is 3. The molecule has 1 aliphatic heterocycles. The molecule has 1 amide bonds. The van der Waals surface area contributed by atoms with Gasteiger partial charge < -0.3 is 10.3 Å². The number of nitrogens with one attached hydrogen (secondary N) is 2. The largest absolute Gasteiger partial charge is 0.359 e. The number of rotatable bonds is 2. The molecule has 0 radical (unpaired) electrons. The number of aryl methyl sites for hydroxylation is 1. The molecule has 0 saturated heterocycles. The molecule has 0 aromatic carbocycles. The van der Waals surface area contributed by atoms with Crippen molar-refractivity contribution in [1.29, 1.82) is 0 Å². The number of carbonyl (C=O) groups excluding carboxylic acids is 1. The van der Waals surface area contributed by atoms with Crippen LogP contribution in [0.2, 0.25) is 0 Å². The van der Waals surface area contributed by atoms with E-state index < -0.39 is 0 Å². The number of hydrogen-bond acceptors (Lipinski definition) is 3. The topological polar surface area (TPSA) is 70.7 Å². The van der Waals surface area contributed by atoms with Crippen LogP contribution in [0, 0.1) is 6.92 Å². The molecule has 5 heteroatoms. The molecule has 5 nitrogen and oxygen atoms in total. The van der Waals surface area contributed by atoms with Gasteiger partial charge in [-0.25, -0.2) is 9.97 Å². The molecule has 92 valence electrons. The molecule has 3 heterocycles. The summed E-state index contributed by atoms with van der Waals surface area (Å²) in [7, 11) is 0. The van der Waals surface area contributed by atoms with Gasteiger partial charge in [0.2, 0.25) is 0 Å². The fraction of sp³-hybridized carbons (Fsp3) is 0.0714. The van der Waals surface area contributed by atoms with Crippen LogP contribution in [0.4, 0.5) is 5.82 Å². The highest BCUT2D eigenvalue weighted by Gasteiger charge is 2.25. The van der Waals surface area contributed by atoms with Crippen molar-refractivity contribution in [3.8, 4) is 11.4 Å². The molecule has 2 N–H and O–H groups in total. The highest BCUT2D eigenvalue weighted by molar-refractivity contribution is 6.17. The normalized spacial score (nSPS) is 11.6. The van der Waals surface area contributed by atoms with Crippen LogP contribution >= 0.6 is 0 Å². The Hall–Kier alpha value is -2.69. The third-order valence-corrected chi connectivity index (χ3v) is 3.26. The first-order chi connectivity index (χ1) is 9.22. The van der Waals surface area contributed by atoms with E-state index >= 15 is 0 Å². The average Bonchev–Trinajstić information content (AvgIpc) is 2.86. The number of aromatic amines is 1. The zero-order valence-electron chi connectivity index (χ0n) is 10.2. The summed E-state index contributed by atoms with van der Waals surface area (Å²) < 4.78 is 0. The fourth-order valence-electron chi connectivity index (χ4n) is 2.27. The number of aromatic nitrogens is 3. The van der Waals surface area contributed by atoms with Gasteiger partial charge >= 0.3 is 0 Å². The lowest BCUT2D eigenvalue weighted by Crippen LogP contribution is -2.12. The van der Waals surface area contributed by atoms with Gasteiger partial charge in [0.25, 0.3) is 5.91 Å². The van der Waals surface area contributed by atoms with Gasteiger partial charge in [-0.1, -0.05) is 0 Å². The Balaban J connectivity index is 1.68. The Morgan fingerprint density at radius 2 is 2.26 bits per heavy atom. The van der Waals surface area contributed by atoms with Crippen molar-refractivity contribution in [3.05, 3.63) is 41.7 Å². The lowest BCUT2D eigenvalue weighted by molar-refractivity contribution is 0.102. The fourth-order valence-corrected chi connectivity index (χ4v) is 2.27. The predicted octanol–water partition coefficient (Wildman–Crippen LogP) is 2.50. The molecule has 0 atom stereocenters. The Morgan fingerprint density at radius 3 is 3.11 bits per heavy atom. The second kappa shape index (κ2) is 3.41. The monoisotopic (exact) mass is 250 g/mol. The summed E-state index contributed by atoms with van der Waals surface area (Å²) >= 11 is 0. The maximum Gasteiger partial charge on any atom is 0.258 e. The lowest BCUT2D eigenvalue weighted by atomic mass is 10.2. The van der Waals surface area contributed by atoms with E-state index in [-0.39, 0.29) is 5.91 Å². The van der Waals surface area contributed by atoms with E-state index in [1.165, 1.54) is 0 Å². The molecule has 0 saturated carbocycles. The standard InChI is InChI=1S/C14H10N4O/c1-7-2-3-15-11(4-7)18-14(19)9-6-16-12-8(9)5-10-13(12)17-10/h2-6,16H,1H3,(H,15,18,19). The highest BCUT2D eigenvalue weighted by Crippen LogP contribution is 2.39. The molecular formula is C14H10N4O. The van der Waals surface area contributed by atoms with E-state index in [1.807, 2.05) is 25.1 Å². The molecule has 0 bridgehead atoms. The van der Waals surface area contributed by atoms with Gasteiger partial charge in [0.05, 0.1) is 16.8 Å². The molecule has 2 aromatic rings. The quantitative estimate of drug-likeness (QED) is 0.574. The van der Waals surface area contributed by atoms with E-state index in [9.17, 15) is 4.79 Å². The third-order valence-electron chi connectivity index (χ3n) is 3.26. The summed E-state index contributed by atoms with van der Waals surface area (Å²) in [6.45, 7) is 1.96.